The highest BCUT2D eigenvalue weighted by Crippen LogP contribution is 2.23. The average molecular weight is 233 g/mol. The van der Waals surface area contributed by atoms with E-state index in [0.717, 1.165) is 16.1 Å². The van der Waals surface area contributed by atoms with Gasteiger partial charge >= 0.3 is 0 Å². The Morgan fingerprint density at radius 2 is 2.00 bits per heavy atom. The number of nitrogens with zero attached hydrogens (tertiary/aromatic N) is 1. The number of hydrogen-bond acceptors (Lipinski definition) is 2. The molecule has 0 saturated carbocycles. The van der Waals surface area contributed by atoms with Crippen LogP contribution in [0.4, 0.5) is 0 Å². The molecule has 3 heteroatoms. The van der Waals surface area contributed by atoms with Crippen LogP contribution in [0.5, 0.6) is 0 Å². The summed E-state index contributed by atoms with van der Waals surface area (Å²) in [7, 11) is 1.93. The van der Waals surface area contributed by atoms with Gasteiger partial charge in [0.2, 0.25) is 0 Å². The molecule has 2 rings (SSSR count). The molecule has 1 heterocycles. The Labute approximate surface area is 100 Å². The van der Waals surface area contributed by atoms with Crippen LogP contribution in [0.15, 0.2) is 48.8 Å². The molecule has 1 unspecified atom stereocenters. The van der Waals surface area contributed by atoms with Crippen LogP contribution >= 0.6 is 11.6 Å². The number of nitrogens with one attached hydrogen (secondary N) is 1. The van der Waals surface area contributed by atoms with Gasteiger partial charge in [-0.3, -0.25) is 4.98 Å². The molecule has 0 aliphatic rings. The quantitative estimate of drug-likeness (QED) is 0.880. The van der Waals surface area contributed by atoms with Crippen molar-refractivity contribution in [3.05, 3.63) is 64.9 Å². The first-order valence-corrected chi connectivity index (χ1v) is 5.51. The highest BCUT2D eigenvalue weighted by Gasteiger charge is 2.11. The third-order valence-corrected chi connectivity index (χ3v) is 2.72. The lowest BCUT2D eigenvalue weighted by Gasteiger charge is -2.16. The molecule has 0 fully saturated rings. The van der Waals surface area contributed by atoms with E-state index in [2.05, 4.69) is 22.4 Å². The molecule has 1 N–H and O–H groups in total. The zero-order chi connectivity index (χ0) is 11.4. The van der Waals surface area contributed by atoms with Crippen molar-refractivity contribution in [2.75, 3.05) is 7.05 Å². The zero-order valence-electron chi connectivity index (χ0n) is 9.02. The van der Waals surface area contributed by atoms with E-state index >= 15 is 0 Å². The molecule has 2 nitrogen and oxygen atoms in total. The van der Waals surface area contributed by atoms with Gasteiger partial charge in [-0.2, -0.15) is 0 Å². The van der Waals surface area contributed by atoms with Crippen molar-refractivity contribution in [2.45, 2.75) is 6.04 Å². The van der Waals surface area contributed by atoms with Gasteiger partial charge in [-0.05, 0) is 36.4 Å². The van der Waals surface area contributed by atoms with Gasteiger partial charge in [0.1, 0.15) is 0 Å². The lowest BCUT2D eigenvalue weighted by molar-refractivity contribution is 0.689. The molecular formula is C13H13ClN2. The van der Waals surface area contributed by atoms with Crippen LogP contribution in [-0.2, 0) is 0 Å². The highest BCUT2D eigenvalue weighted by atomic mass is 35.5. The van der Waals surface area contributed by atoms with Crippen LogP contribution < -0.4 is 5.32 Å². The summed E-state index contributed by atoms with van der Waals surface area (Å²) in [6.07, 6.45) is 3.64. The van der Waals surface area contributed by atoms with E-state index in [1.54, 1.807) is 6.20 Å². The Kier molecular flexibility index (Phi) is 3.54. The van der Waals surface area contributed by atoms with Gasteiger partial charge in [0, 0.05) is 17.4 Å². The van der Waals surface area contributed by atoms with Gasteiger partial charge in [-0.1, -0.05) is 29.8 Å². The van der Waals surface area contributed by atoms with E-state index in [9.17, 15) is 0 Å². The molecule has 0 radical (unpaired) electrons. The topological polar surface area (TPSA) is 24.9 Å². The second kappa shape index (κ2) is 5.10. The number of hydrogen-bond donors (Lipinski definition) is 1. The first-order chi connectivity index (χ1) is 7.81. The highest BCUT2D eigenvalue weighted by molar-refractivity contribution is 6.30. The lowest BCUT2D eigenvalue weighted by Crippen LogP contribution is -2.17. The van der Waals surface area contributed by atoms with E-state index < -0.39 is 0 Å². The van der Waals surface area contributed by atoms with Gasteiger partial charge in [-0.25, -0.2) is 0 Å². The molecule has 0 aliphatic carbocycles. The average Bonchev–Trinajstić information content (AvgIpc) is 2.31. The summed E-state index contributed by atoms with van der Waals surface area (Å²) in [6, 6.07) is 12.0. The van der Waals surface area contributed by atoms with Gasteiger partial charge < -0.3 is 5.32 Å². The Morgan fingerprint density at radius 3 is 2.62 bits per heavy atom. The minimum Gasteiger partial charge on any atom is -0.309 e. The molecule has 1 aromatic heterocycles. The van der Waals surface area contributed by atoms with Gasteiger partial charge in [0.15, 0.2) is 0 Å². The van der Waals surface area contributed by atoms with Crippen molar-refractivity contribution in [3.8, 4) is 0 Å². The number of aromatic nitrogens is 1. The van der Waals surface area contributed by atoms with Gasteiger partial charge in [0.25, 0.3) is 0 Å². The smallest absolute Gasteiger partial charge is 0.0590 e. The molecule has 82 valence electrons. The SMILES string of the molecule is CNC(c1cccnc1)c1cccc(Cl)c1. The second-order valence-corrected chi connectivity index (χ2v) is 4.00. The maximum Gasteiger partial charge on any atom is 0.0590 e. The fourth-order valence-electron chi connectivity index (χ4n) is 1.76. The summed E-state index contributed by atoms with van der Waals surface area (Å²) in [6.45, 7) is 0. The molecule has 0 amide bonds. The number of rotatable bonds is 3. The summed E-state index contributed by atoms with van der Waals surface area (Å²) in [4.78, 5) is 4.13. The van der Waals surface area contributed by atoms with E-state index in [-0.39, 0.29) is 6.04 Å². The third kappa shape index (κ3) is 2.40. The maximum atomic E-state index is 5.99. The fraction of sp³-hybridized carbons (Fsp3) is 0.154. The molecule has 2 aromatic rings. The van der Waals surface area contributed by atoms with Crippen LogP contribution in [0.25, 0.3) is 0 Å². The normalized spacial score (nSPS) is 12.4. The molecule has 1 atom stereocenters. The second-order valence-electron chi connectivity index (χ2n) is 3.56. The minimum absolute atomic E-state index is 0.132. The lowest BCUT2D eigenvalue weighted by atomic mass is 10.0. The molecule has 0 saturated heterocycles. The summed E-state index contributed by atoms with van der Waals surface area (Å²) in [5.74, 6) is 0. The summed E-state index contributed by atoms with van der Waals surface area (Å²) < 4.78 is 0. The zero-order valence-corrected chi connectivity index (χ0v) is 9.78. The monoisotopic (exact) mass is 232 g/mol. The van der Waals surface area contributed by atoms with Crippen LogP contribution in [0.1, 0.15) is 17.2 Å². The van der Waals surface area contributed by atoms with E-state index in [0.29, 0.717) is 0 Å². The largest absolute Gasteiger partial charge is 0.309 e. The number of pyridine rings is 1. The standard InChI is InChI=1S/C13H13ClN2/c1-15-13(11-5-3-7-16-9-11)10-4-2-6-12(14)8-10/h2-9,13,15H,1H3. The third-order valence-electron chi connectivity index (χ3n) is 2.49. The van der Waals surface area contributed by atoms with Crippen LogP contribution in [-0.4, -0.2) is 12.0 Å². The number of halogens is 1. The van der Waals surface area contributed by atoms with Crippen molar-refractivity contribution >= 4 is 11.6 Å². The van der Waals surface area contributed by atoms with Crippen molar-refractivity contribution in [1.29, 1.82) is 0 Å². The fourth-order valence-corrected chi connectivity index (χ4v) is 1.96. The van der Waals surface area contributed by atoms with E-state index in [4.69, 9.17) is 11.6 Å². The van der Waals surface area contributed by atoms with Crippen molar-refractivity contribution < 1.29 is 0 Å². The Balaban J connectivity index is 2.37. The molecule has 0 aliphatic heterocycles. The predicted molar refractivity (Wildman–Crippen MR) is 66.6 cm³/mol. The van der Waals surface area contributed by atoms with Crippen LogP contribution in [0.3, 0.4) is 0 Å². The summed E-state index contributed by atoms with van der Waals surface area (Å²) >= 11 is 5.99. The summed E-state index contributed by atoms with van der Waals surface area (Å²) in [5, 5.41) is 4.01. The summed E-state index contributed by atoms with van der Waals surface area (Å²) in [5.41, 5.74) is 2.27. The molecule has 16 heavy (non-hydrogen) atoms. The molecular weight excluding hydrogens is 220 g/mol. The Morgan fingerprint density at radius 1 is 1.19 bits per heavy atom. The van der Waals surface area contributed by atoms with Crippen molar-refractivity contribution in [3.63, 3.8) is 0 Å². The maximum absolute atomic E-state index is 5.99. The van der Waals surface area contributed by atoms with E-state index in [1.165, 1.54) is 0 Å². The first-order valence-electron chi connectivity index (χ1n) is 5.14. The van der Waals surface area contributed by atoms with Crippen molar-refractivity contribution in [2.24, 2.45) is 0 Å². The molecule has 0 bridgehead atoms. The van der Waals surface area contributed by atoms with Gasteiger partial charge in [-0.15, -0.1) is 0 Å². The Hall–Kier alpha value is -1.38. The van der Waals surface area contributed by atoms with Gasteiger partial charge in [0.05, 0.1) is 6.04 Å². The van der Waals surface area contributed by atoms with E-state index in [1.807, 2.05) is 37.5 Å². The number of benzene rings is 1. The Bertz CT molecular complexity index is 456. The molecule has 1 aromatic carbocycles. The molecule has 0 spiro atoms. The predicted octanol–water partition coefficient (Wildman–Crippen LogP) is 3.04. The van der Waals surface area contributed by atoms with Crippen LogP contribution in [0.2, 0.25) is 5.02 Å². The minimum atomic E-state index is 0.132. The van der Waals surface area contributed by atoms with Crippen LogP contribution in [0, 0.1) is 0 Å². The first kappa shape index (κ1) is 11.1. The van der Waals surface area contributed by atoms with Crippen molar-refractivity contribution in [1.82, 2.24) is 10.3 Å².